The highest BCUT2D eigenvalue weighted by Gasteiger charge is 2.25. The molecule has 80 valence electrons. The summed E-state index contributed by atoms with van der Waals surface area (Å²) in [6, 6.07) is 0. The fraction of sp³-hybridized carbons (Fsp3) is 1.00. The van der Waals surface area contributed by atoms with E-state index < -0.39 is 8.27 Å². The van der Waals surface area contributed by atoms with Gasteiger partial charge in [-0.3, -0.25) is 0 Å². The van der Waals surface area contributed by atoms with Crippen LogP contribution in [0.5, 0.6) is 0 Å². The molecule has 3 heteroatoms. The summed E-state index contributed by atoms with van der Waals surface area (Å²) < 4.78 is 2.46. The predicted octanol–water partition coefficient (Wildman–Crippen LogP) is 3.22. The maximum absolute atomic E-state index is 6.54. The topological polar surface area (TPSA) is 3.24 Å². The Morgan fingerprint density at radius 1 is 1.15 bits per heavy atom. The highest BCUT2D eigenvalue weighted by Crippen LogP contribution is 2.27. The lowest BCUT2D eigenvalue weighted by Crippen LogP contribution is -2.39. The smallest absolute Gasteiger partial charge is 0.216 e. The molecule has 3 atom stereocenters. The average Bonchev–Trinajstić information content (AvgIpc) is 2.17. The summed E-state index contributed by atoms with van der Waals surface area (Å²) in [6.07, 6.45) is 1.25. The van der Waals surface area contributed by atoms with Crippen molar-refractivity contribution in [2.24, 2.45) is 5.92 Å². The van der Waals surface area contributed by atoms with Crippen LogP contribution in [0.1, 0.15) is 41.0 Å². The Balaban J connectivity index is 4.13. The van der Waals surface area contributed by atoms with Gasteiger partial charge in [-0.1, -0.05) is 41.0 Å². The maximum Gasteiger partial charge on any atom is 0.216 e. The number of hydrogen-bond acceptors (Lipinski definition) is 1. The van der Waals surface area contributed by atoms with Gasteiger partial charge in [0.1, 0.15) is 0 Å². The molecule has 0 spiro atoms. The summed E-state index contributed by atoms with van der Waals surface area (Å²) in [6.45, 7) is 13.5. The molecule has 0 aromatic carbocycles. The molecule has 0 N–H and O–H groups in total. The number of nitrogens with zero attached hydrogens (tertiary/aromatic N) is 1. The van der Waals surface area contributed by atoms with Crippen LogP contribution in [0.15, 0.2) is 0 Å². The van der Waals surface area contributed by atoms with E-state index in [1.807, 2.05) is 0 Å². The third-order valence-electron chi connectivity index (χ3n) is 3.14. The van der Waals surface area contributed by atoms with Gasteiger partial charge in [0.2, 0.25) is 8.27 Å². The summed E-state index contributed by atoms with van der Waals surface area (Å²) in [5.74, 6) is 0.773. The first-order valence-electron chi connectivity index (χ1n) is 5.46. The van der Waals surface area contributed by atoms with Crippen LogP contribution in [-0.2, 0) is 0 Å². The first kappa shape index (κ1) is 13.5. The van der Waals surface area contributed by atoms with E-state index in [9.17, 15) is 0 Å². The maximum atomic E-state index is 6.54. The van der Waals surface area contributed by atoms with Gasteiger partial charge in [-0.15, -0.1) is 11.1 Å². The Bertz CT molecular complexity index is 128. The molecule has 0 rings (SSSR count). The second kappa shape index (κ2) is 6.85. The van der Waals surface area contributed by atoms with Crippen molar-refractivity contribution in [3.8, 4) is 0 Å². The Labute approximate surface area is 89.8 Å². The van der Waals surface area contributed by atoms with Gasteiger partial charge < -0.3 is 4.57 Å². The number of halogens is 1. The monoisotopic (exact) mass is 221 g/mol. The van der Waals surface area contributed by atoms with Gasteiger partial charge in [0, 0.05) is 0 Å². The standard InChI is InChI=1S/C10H24ClNSi/c1-6-9(4)10(5)13(11)12(7-2)8-3/h9-10,13H,6-8H2,1-5H3. The van der Waals surface area contributed by atoms with Crippen molar-refractivity contribution in [3.05, 3.63) is 0 Å². The van der Waals surface area contributed by atoms with Crippen LogP contribution < -0.4 is 0 Å². The zero-order valence-corrected chi connectivity index (χ0v) is 11.6. The zero-order chi connectivity index (χ0) is 10.4. The van der Waals surface area contributed by atoms with Crippen LogP contribution in [0.2, 0.25) is 5.54 Å². The minimum Gasteiger partial charge on any atom is -0.314 e. The van der Waals surface area contributed by atoms with Gasteiger partial charge in [0.15, 0.2) is 0 Å². The van der Waals surface area contributed by atoms with Crippen molar-refractivity contribution in [2.75, 3.05) is 13.1 Å². The number of hydrogen-bond donors (Lipinski definition) is 0. The molecule has 0 heterocycles. The fourth-order valence-electron chi connectivity index (χ4n) is 1.55. The summed E-state index contributed by atoms with van der Waals surface area (Å²) in [5, 5.41) is 0. The fourth-order valence-corrected chi connectivity index (χ4v) is 5.30. The Kier molecular flexibility index (Phi) is 7.10. The van der Waals surface area contributed by atoms with Crippen molar-refractivity contribution in [3.63, 3.8) is 0 Å². The second-order valence-corrected chi connectivity index (χ2v) is 7.71. The lowest BCUT2D eigenvalue weighted by molar-refractivity contribution is 0.449. The molecule has 0 radical (unpaired) electrons. The second-order valence-electron chi connectivity index (χ2n) is 3.84. The molecule has 0 saturated heterocycles. The first-order chi connectivity index (χ1) is 6.08. The average molecular weight is 222 g/mol. The summed E-state index contributed by atoms with van der Waals surface area (Å²) in [5.41, 5.74) is 0.714. The van der Waals surface area contributed by atoms with E-state index in [0.29, 0.717) is 5.54 Å². The van der Waals surface area contributed by atoms with E-state index in [1.165, 1.54) is 6.42 Å². The summed E-state index contributed by atoms with van der Waals surface area (Å²) in [4.78, 5) is 0. The van der Waals surface area contributed by atoms with E-state index in [0.717, 1.165) is 19.0 Å². The minimum absolute atomic E-state index is 0.714. The van der Waals surface area contributed by atoms with Crippen molar-refractivity contribution < 1.29 is 0 Å². The van der Waals surface area contributed by atoms with E-state index in [2.05, 4.69) is 39.2 Å². The normalized spacial score (nSPS) is 18.7. The van der Waals surface area contributed by atoms with Crippen molar-refractivity contribution >= 4 is 19.3 Å². The van der Waals surface area contributed by atoms with E-state index in [-0.39, 0.29) is 0 Å². The molecule has 13 heavy (non-hydrogen) atoms. The largest absolute Gasteiger partial charge is 0.314 e. The van der Waals surface area contributed by atoms with Crippen LogP contribution in [0.3, 0.4) is 0 Å². The van der Waals surface area contributed by atoms with Gasteiger partial charge in [0.05, 0.1) is 0 Å². The van der Waals surface area contributed by atoms with Crippen LogP contribution >= 0.6 is 11.1 Å². The van der Waals surface area contributed by atoms with Gasteiger partial charge in [-0.05, 0) is 24.5 Å². The number of rotatable bonds is 6. The van der Waals surface area contributed by atoms with Crippen molar-refractivity contribution in [1.29, 1.82) is 0 Å². The lowest BCUT2D eigenvalue weighted by Gasteiger charge is -2.30. The van der Waals surface area contributed by atoms with Crippen LogP contribution in [-0.4, -0.2) is 25.9 Å². The molecule has 0 aromatic heterocycles. The molecular formula is C10H24ClNSi. The highest BCUT2D eigenvalue weighted by molar-refractivity contribution is 7.06. The van der Waals surface area contributed by atoms with E-state index >= 15 is 0 Å². The molecule has 0 aliphatic rings. The summed E-state index contributed by atoms with van der Waals surface area (Å²) >= 11 is 6.54. The quantitative estimate of drug-likeness (QED) is 0.492. The Hall–Kier alpha value is 0.467. The third kappa shape index (κ3) is 4.01. The highest BCUT2D eigenvalue weighted by atomic mass is 35.6. The van der Waals surface area contributed by atoms with Crippen LogP contribution in [0, 0.1) is 5.92 Å². The molecule has 0 aliphatic carbocycles. The Morgan fingerprint density at radius 3 is 1.92 bits per heavy atom. The SMILES string of the molecule is CCC(C)C(C)[SiH](Cl)N(CC)CC. The molecule has 0 aliphatic heterocycles. The molecule has 0 amide bonds. The first-order valence-corrected chi connectivity index (χ1v) is 8.39. The minimum atomic E-state index is -1.18. The molecule has 3 unspecified atom stereocenters. The molecule has 0 bridgehead atoms. The molecular weight excluding hydrogens is 198 g/mol. The Morgan fingerprint density at radius 2 is 1.62 bits per heavy atom. The predicted molar refractivity (Wildman–Crippen MR) is 64.8 cm³/mol. The van der Waals surface area contributed by atoms with Gasteiger partial charge >= 0.3 is 0 Å². The molecule has 0 saturated carbocycles. The third-order valence-corrected chi connectivity index (χ3v) is 8.11. The summed E-state index contributed by atoms with van der Waals surface area (Å²) in [7, 11) is -1.18. The van der Waals surface area contributed by atoms with E-state index in [4.69, 9.17) is 11.1 Å². The van der Waals surface area contributed by atoms with Gasteiger partial charge in [-0.2, -0.15) is 0 Å². The van der Waals surface area contributed by atoms with Crippen LogP contribution in [0.25, 0.3) is 0 Å². The molecule has 0 fully saturated rings. The van der Waals surface area contributed by atoms with Gasteiger partial charge in [-0.25, -0.2) is 0 Å². The lowest BCUT2D eigenvalue weighted by atomic mass is 10.1. The van der Waals surface area contributed by atoms with E-state index in [1.54, 1.807) is 0 Å². The zero-order valence-electron chi connectivity index (χ0n) is 9.68. The van der Waals surface area contributed by atoms with Gasteiger partial charge in [0.25, 0.3) is 0 Å². The van der Waals surface area contributed by atoms with Crippen molar-refractivity contribution in [1.82, 2.24) is 4.57 Å². The molecule has 0 aromatic rings. The van der Waals surface area contributed by atoms with Crippen molar-refractivity contribution in [2.45, 2.75) is 46.6 Å². The molecule has 1 nitrogen and oxygen atoms in total. The van der Waals surface area contributed by atoms with Crippen LogP contribution in [0.4, 0.5) is 0 Å².